The standard InChI is InChI=1S/C19H12ClN5S.ClH/c20-14-6-1-2-7-15(14)23-16-9-13-17(22)24-18(25-19(13)26-16)12-5-3-4-11(8-12)10-21;/h1-9,23H,(H2,22,24,25);1H. The van der Waals surface area contributed by atoms with Crippen LogP contribution in [-0.2, 0) is 0 Å². The van der Waals surface area contributed by atoms with Crippen LogP contribution in [0.15, 0.2) is 54.6 Å². The molecule has 2 aromatic carbocycles. The Labute approximate surface area is 170 Å². The topological polar surface area (TPSA) is 87.6 Å². The zero-order valence-electron chi connectivity index (χ0n) is 13.8. The van der Waals surface area contributed by atoms with Gasteiger partial charge in [0.05, 0.1) is 32.7 Å². The second-order valence-corrected chi connectivity index (χ2v) is 7.00. The fourth-order valence-corrected chi connectivity index (χ4v) is 3.69. The third kappa shape index (κ3) is 3.81. The van der Waals surface area contributed by atoms with Crippen LogP contribution in [0.5, 0.6) is 0 Å². The number of fused-ring (bicyclic) bond motifs is 1. The predicted molar refractivity (Wildman–Crippen MR) is 114 cm³/mol. The number of halogens is 2. The maximum atomic E-state index is 9.07. The smallest absolute Gasteiger partial charge is 0.163 e. The average Bonchev–Trinajstić information content (AvgIpc) is 3.07. The van der Waals surface area contributed by atoms with Crippen molar-refractivity contribution in [3.8, 4) is 17.5 Å². The van der Waals surface area contributed by atoms with Gasteiger partial charge in [-0.1, -0.05) is 47.2 Å². The maximum absolute atomic E-state index is 9.07. The fraction of sp³-hybridized carbons (Fsp3) is 0. The van der Waals surface area contributed by atoms with Crippen molar-refractivity contribution in [2.24, 2.45) is 0 Å². The van der Waals surface area contributed by atoms with Crippen LogP contribution in [0.25, 0.3) is 21.6 Å². The molecule has 3 N–H and O–H groups in total. The van der Waals surface area contributed by atoms with Crippen LogP contribution in [0.3, 0.4) is 0 Å². The minimum absolute atomic E-state index is 0. The molecule has 4 rings (SSSR count). The molecule has 27 heavy (non-hydrogen) atoms. The zero-order valence-corrected chi connectivity index (χ0v) is 16.2. The Morgan fingerprint density at radius 1 is 1.07 bits per heavy atom. The van der Waals surface area contributed by atoms with Gasteiger partial charge < -0.3 is 11.1 Å². The number of nitrogens with two attached hydrogens (primary N) is 1. The summed E-state index contributed by atoms with van der Waals surface area (Å²) in [4.78, 5) is 9.77. The van der Waals surface area contributed by atoms with Crippen LogP contribution in [0, 0.1) is 11.3 Å². The zero-order chi connectivity index (χ0) is 18.1. The number of hydrogen-bond donors (Lipinski definition) is 2. The second-order valence-electron chi connectivity index (χ2n) is 5.56. The van der Waals surface area contributed by atoms with Crippen molar-refractivity contribution in [3.05, 3.63) is 65.2 Å². The Morgan fingerprint density at radius 2 is 1.89 bits per heavy atom. The van der Waals surface area contributed by atoms with E-state index in [0.717, 1.165) is 26.5 Å². The second kappa shape index (κ2) is 7.80. The summed E-state index contributed by atoms with van der Waals surface area (Å²) in [5.74, 6) is 0.897. The van der Waals surface area contributed by atoms with E-state index in [9.17, 15) is 0 Å². The van der Waals surface area contributed by atoms with Crippen LogP contribution in [0.4, 0.5) is 16.5 Å². The van der Waals surface area contributed by atoms with Gasteiger partial charge in [-0.05, 0) is 30.3 Å². The highest BCUT2D eigenvalue weighted by atomic mass is 35.5. The summed E-state index contributed by atoms with van der Waals surface area (Å²) in [6.07, 6.45) is 0. The van der Waals surface area contributed by atoms with Crippen LogP contribution in [0.2, 0.25) is 5.02 Å². The molecule has 0 saturated carbocycles. The summed E-state index contributed by atoms with van der Waals surface area (Å²) in [6.45, 7) is 0. The molecule has 4 aromatic rings. The van der Waals surface area contributed by atoms with E-state index >= 15 is 0 Å². The van der Waals surface area contributed by atoms with Crippen molar-refractivity contribution < 1.29 is 0 Å². The van der Waals surface area contributed by atoms with Crippen molar-refractivity contribution in [2.45, 2.75) is 0 Å². The number of hydrogen-bond acceptors (Lipinski definition) is 6. The lowest BCUT2D eigenvalue weighted by Gasteiger charge is -2.04. The van der Waals surface area contributed by atoms with Crippen LogP contribution >= 0.6 is 35.3 Å². The molecule has 2 heterocycles. The molecule has 0 atom stereocenters. The lowest BCUT2D eigenvalue weighted by molar-refractivity contribution is 1.24. The molecule has 2 aromatic heterocycles. The minimum Gasteiger partial charge on any atom is -0.383 e. The SMILES string of the molecule is Cl.N#Cc1cccc(-c2nc(N)c3cc(Nc4ccccc4Cl)sc3n2)c1. The van der Waals surface area contributed by atoms with Gasteiger partial charge in [-0.2, -0.15) is 5.26 Å². The number of anilines is 3. The van der Waals surface area contributed by atoms with Crippen LogP contribution in [0.1, 0.15) is 5.56 Å². The first kappa shape index (κ1) is 18.9. The molecule has 0 amide bonds. The van der Waals surface area contributed by atoms with E-state index in [0.29, 0.717) is 22.2 Å². The lowest BCUT2D eigenvalue weighted by Crippen LogP contribution is -1.96. The number of nitrogens with zero attached hydrogens (tertiary/aromatic N) is 3. The Hall–Kier alpha value is -2.85. The van der Waals surface area contributed by atoms with Crippen molar-refractivity contribution in [3.63, 3.8) is 0 Å². The van der Waals surface area contributed by atoms with E-state index in [4.69, 9.17) is 22.6 Å². The first-order valence-electron chi connectivity index (χ1n) is 7.73. The summed E-state index contributed by atoms with van der Waals surface area (Å²) >= 11 is 7.67. The van der Waals surface area contributed by atoms with E-state index in [1.54, 1.807) is 18.2 Å². The van der Waals surface area contributed by atoms with Gasteiger partial charge in [0.25, 0.3) is 0 Å². The minimum atomic E-state index is 0. The number of nitriles is 1. The molecule has 0 aliphatic carbocycles. The highest BCUT2D eigenvalue weighted by Gasteiger charge is 2.12. The highest BCUT2D eigenvalue weighted by molar-refractivity contribution is 7.22. The third-order valence-corrected chi connectivity index (χ3v) is 5.08. The molecule has 8 heteroatoms. The molecule has 134 valence electrons. The van der Waals surface area contributed by atoms with Gasteiger partial charge in [-0.3, -0.25) is 0 Å². The fourth-order valence-electron chi connectivity index (χ4n) is 2.56. The number of para-hydroxylation sites is 1. The summed E-state index contributed by atoms with van der Waals surface area (Å²) in [5.41, 5.74) is 8.26. The normalized spacial score (nSPS) is 10.2. The number of nitrogen functional groups attached to an aromatic ring is 1. The van der Waals surface area contributed by atoms with Gasteiger partial charge >= 0.3 is 0 Å². The summed E-state index contributed by atoms with van der Waals surface area (Å²) < 4.78 is 0. The molecule has 5 nitrogen and oxygen atoms in total. The van der Waals surface area contributed by atoms with Gasteiger partial charge in [0.1, 0.15) is 10.6 Å². The summed E-state index contributed by atoms with van der Waals surface area (Å²) in [6, 6.07) is 18.7. The number of rotatable bonds is 3. The summed E-state index contributed by atoms with van der Waals surface area (Å²) in [7, 11) is 0. The van der Waals surface area contributed by atoms with Gasteiger partial charge in [0.2, 0.25) is 0 Å². The average molecular weight is 414 g/mol. The molecule has 0 fully saturated rings. The summed E-state index contributed by atoms with van der Waals surface area (Å²) in [5, 5.41) is 14.6. The van der Waals surface area contributed by atoms with Gasteiger partial charge in [-0.25, -0.2) is 9.97 Å². The lowest BCUT2D eigenvalue weighted by atomic mass is 10.1. The molecule has 0 aliphatic heterocycles. The van der Waals surface area contributed by atoms with Crippen molar-refractivity contribution >= 4 is 62.1 Å². The number of aromatic nitrogens is 2. The van der Waals surface area contributed by atoms with Gasteiger partial charge in [0, 0.05) is 5.56 Å². The van der Waals surface area contributed by atoms with E-state index in [-0.39, 0.29) is 12.4 Å². The molecular weight excluding hydrogens is 401 g/mol. The first-order valence-corrected chi connectivity index (χ1v) is 8.92. The number of nitrogens with one attached hydrogen (secondary N) is 1. The largest absolute Gasteiger partial charge is 0.383 e. The molecular formula is C19H13Cl2N5S. The van der Waals surface area contributed by atoms with Crippen LogP contribution in [-0.4, -0.2) is 9.97 Å². The Kier molecular flexibility index (Phi) is 5.47. The van der Waals surface area contributed by atoms with Crippen molar-refractivity contribution in [2.75, 3.05) is 11.1 Å². The molecule has 0 radical (unpaired) electrons. The molecule has 0 aliphatic rings. The molecule has 0 saturated heterocycles. The van der Waals surface area contributed by atoms with Crippen LogP contribution < -0.4 is 11.1 Å². The predicted octanol–water partition coefficient (Wildman–Crippen LogP) is 5.63. The Balaban J connectivity index is 0.00000210. The van der Waals surface area contributed by atoms with E-state index in [2.05, 4.69) is 21.4 Å². The number of thiophene rings is 1. The monoisotopic (exact) mass is 413 g/mol. The molecule has 0 spiro atoms. The van der Waals surface area contributed by atoms with Crippen molar-refractivity contribution in [1.82, 2.24) is 9.97 Å². The Morgan fingerprint density at radius 3 is 2.67 bits per heavy atom. The molecule has 0 unspecified atom stereocenters. The first-order chi connectivity index (χ1) is 12.6. The molecule has 0 bridgehead atoms. The highest BCUT2D eigenvalue weighted by Crippen LogP contribution is 2.36. The van der Waals surface area contributed by atoms with Gasteiger partial charge in [0.15, 0.2) is 5.82 Å². The third-order valence-electron chi connectivity index (χ3n) is 3.80. The van der Waals surface area contributed by atoms with E-state index < -0.39 is 0 Å². The van der Waals surface area contributed by atoms with E-state index in [1.165, 1.54) is 11.3 Å². The van der Waals surface area contributed by atoms with Crippen molar-refractivity contribution in [1.29, 1.82) is 5.26 Å². The number of benzene rings is 2. The Bertz CT molecular complexity index is 1170. The quantitative estimate of drug-likeness (QED) is 0.454. The van der Waals surface area contributed by atoms with Gasteiger partial charge in [-0.15, -0.1) is 12.4 Å². The van der Waals surface area contributed by atoms with E-state index in [1.807, 2.05) is 36.4 Å². The maximum Gasteiger partial charge on any atom is 0.163 e.